The second kappa shape index (κ2) is 5.66. The Kier molecular flexibility index (Phi) is 4.16. The molecule has 0 atom stereocenters. The van der Waals surface area contributed by atoms with Crippen LogP contribution in [0.15, 0.2) is 39.4 Å². The van der Waals surface area contributed by atoms with E-state index in [1.807, 2.05) is 13.0 Å². The van der Waals surface area contributed by atoms with E-state index < -0.39 is 4.92 Å². The van der Waals surface area contributed by atoms with Gasteiger partial charge in [0.25, 0.3) is 0 Å². The summed E-state index contributed by atoms with van der Waals surface area (Å²) < 4.78 is 6.80. The van der Waals surface area contributed by atoms with Crippen LogP contribution in [0.3, 0.4) is 0 Å². The molecule has 2 aromatic rings. The maximum Gasteiger partial charge on any atom is 0.312 e. The summed E-state index contributed by atoms with van der Waals surface area (Å²) in [6, 6.07) is 6.40. The number of aryl methyl sites for hydroxylation is 1. The molecule has 0 radical (unpaired) electrons. The van der Waals surface area contributed by atoms with Crippen LogP contribution in [0.4, 0.5) is 5.69 Å². The van der Waals surface area contributed by atoms with Crippen LogP contribution in [0, 0.1) is 17.0 Å². The van der Waals surface area contributed by atoms with Gasteiger partial charge in [0.1, 0.15) is 0 Å². The fourth-order valence-corrected chi connectivity index (χ4v) is 2.07. The van der Waals surface area contributed by atoms with Gasteiger partial charge in [-0.15, -0.1) is 0 Å². The highest BCUT2D eigenvalue weighted by Gasteiger charge is 2.18. The molecule has 0 aliphatic heterocycles. The summed E-state index contributed by atoms with van der Waals surface area (Å²) in [6.07, 6.45) is 1.58. The molecule has 0 amide bonds. The summed E-state index contributed by atoms with van der Waals surface area (Å²) >= 11 is 6.54. The summed E-state index contributed by atoms with van der Waals surface area (Å²) in [6.45, 7) is 1.88. The minimum Gasteiger partial charge on any atom is -0.431 e. The molecule has 0 bridgehead atoms. The van der Waals surface area contributed by atoms with Gasteiger partial charge >= 0.3 is 5.69 Å². The molecule has 98 valence electrons. The van der Waals surface area contributed by atoms with Crippen molar-refractivity contribution in [2.24, 2.45) is 0 Å². The number of nitro groups is 1. The third kappa shape index (κ3) is 3.10. The predicted octanol–water partition coefficient (Wildman–Crippen LogP) is 4.62. The Morgan fingerprint density at radius 1 is 1.32 bits per heavy atom. The average Bonchev–Trinajstić information content (AvgIpc) is 2.36. The van der Waals surface area contributed by atoms with Crippen LogP contribution in [0.25, 0.3) is 0 Å². The normalized spacial score (nSPS) is 10.3. The SMILES string of the molecule is Cc1ccnc(Oc2ccc(Br)cc2[N+](=O)[O-])c1Br. The lowest BCUT2D eigenvalue weighted by Gasteiger charge is -2.08. The number of nitrogens with zero attached hydrogens (tertiary/aromatic N) is 2. The fourth-order valence-electron chi connectivity index (χ4n) is 1.41. The minimum absolute atomic E-state index is 0.121. The van der Waals surface area contributed by atoms with Gasteiger partial charge in [0.15, 0.2) is 0 Å². The number of hydrogen-bond donors (Lipinski definition) is 0. The van der Waals surface area contributed by atoms with E-state index in [1.165, 1.54) is 12.1 Å². The van der Waals surface area contributed by atoms with Crippen molar-refractivity contribution >= 4 is 37.5 Å². The van der Waals surface area contributed by atoms with E-state index in [0.29, 0.717) is 14.8 Å². The van der Waals surface area contributed by atoms with Crippen LogP contribution < -0.4 is 4.74 Å². The van der Waals surface area contributed by atoms with Gasteiger partial charge in [-0.05, 0) is 46.6 Å². The van der Waals surface area contributed by atoms with Gasteiger partial charge in [-0.25, -0.2) is 4.98 Å². The van der Waals surface area contributed by atoms with Crippen LogP contribution in [0.5, 0.6) is 11.6 Å². The van der Waals surface area contributed by atoms with Gasteiger partial charge in [0, 0.05) is 16.7 Å². The summed E-state index contributed by atoms with van der Waals surface area (Å²) in [5.74, 6) is 0.442. The van der Waals surface area contributed by atoms with Crippen LogP contribution in [-0.4, -0.2) is 9.91 Å². The Morgan fingerprint density at radius 2 is 2.05 bits per heavy atom. The highest BCUT2D eigenvalue weighted by molar-refractivity contribution is 9.10. The highest BCUT2D eigenvalue weighted by atomic mass is 79.9. The molecule has 2 rings (SSSR count). The topological polar surface area (TPSA) is 65.3 Å². The summed E-state index contributed by atoms with van der Waals surface area (Å²) in [7, 11) is 0. The first-order valence-corrected chi connectivity index (χ1v) is 6.80. The van der Waals surface area contributed by atoms with Crippen LogP contribution in [0.2, 0.25) is 0 Å². The third-order valence-electron chi connectivity index (χ3n) is 2.37. The lowest BCUT2D eigenvalue weighted by molar-refractivity contribution is -0.385. The van der Waals surface area contributed by atoms with Crippen molar-refractivity contribution in [3.05, 3.63) is 55.1 Å². The Bertz CT molecular complexity index is 647. The molecule has 0 saturated heterocycles. The molecule has 0 unspecified atom stereocenters. The number of rotatable bonds is 3. The molecular formula is C12H8Br2N2O3. The maximum absolute atomic E-state index is 11.0. The van der Waals surface area contributed by atoms with Crippen LogP contribution in [0.1, 0.15) is 5.56 Å². The molecule has 0 spiro atoms. The predicted molar refractivity (Wildman–Crippen MR) is 77.5 cm³/mol. The van der Waals surface area contributed by atoms with Gasteiger partial charge in [0.2, 0.25) is 11.6 Å². The zero-order valence-electron chi connectivity index (χ0n) is 9.76. The molecule has 1 heterocycles. The number of halogens is 2. The van der Waals surface area contributed by atoms with Crippen LogP contribution in [-0.2, 0) is 0 Å². The van der Waals surface area contributed by atoms with Gasteiger partial charge < -0.3 is 4.74 Å². The quantitative estimate of drug-likeness (QED) is 0.569. The van der Waals surface area contributed by atoms with Crippen LogP contribution >= 0.6 is 31.9 Å². The summed E-state index contributed by atoms with van der Waals surface area (Å²) in [5, 5.41) is 11.0. The van der Waals surface area contributed by atoms with E-state index in [-0.39, 0.29) is 11.4 Å². The van der Waals surface area contributed by atoms with E-state index in [0.717, 1.165) is 5.56 Å². The van der Waals surface area contributed by atoms with Gasteiger partial charge in [-0.3, -0.25) is 10.1 Å². The molecule has 5 nitrogen and oxygen atoms in total. The molecule has 1 aromatic heterocycles. The Balaban J connectivity index is 2.44. The zero-order chi connectivity index (χ0) is 14.0. The lowest BCUT2D eigenvalue weighted by atomic mass is 10.3. The first-order chi connectivity index (χ1) is 8.99. The smallest absolute Gasteiger partial charge is 0.312 e. The van der Waals surface area contributed by atoms with E-state index in [1.54, 1.807) is 12.3 Å². The first kappa shape index (κ1) is 14.0. The molecule has 19 heavy (non-hydrogen) atoms. The van der Waals surface area contributed by atoms with Crippen molar-refractivity contribution in [2.45, 2.75) is 6.92 Å². The lowest BCUT2D eigenvalue weighted by Crippen LogP contribution is -1.96. The number of ether oxygens (including phenoxy) is 1. The maximum atomic E-state index is 11.0. The van der Waals surface area contributed by atoms with Gasteiger partial charge in [0.05, 0.1) is 9.40 Å². The monoisotopic (exact) mass is 386 g/mol. The standard InChI is InChI=1S/C12H8Br2N2O3/c1-7-4-5-15-12(11(7)14)19-10-3-2-8(13)6-9(10)16(17)18/h2-6H,1H3. The Labute approximate surface area is 126 Å². The molecule has 7 heteroatoms. The van der Waals surface area contributed by atoms with E-state index in [2.05, 4.69) is 36.8 Å². The summed E-state index contributed by atoms with van der Waals surface area (Å²) in [4.78, 5) is 14.5. The minimum atomic E-state index is -0.496. The molecule has 0 fully saturated rings. The number of nitro benzene ring substituents is 1. The second-order valence-electron chi connectivity index (χ2n) is 3.72. The summed E-state index contributed by atoms with van der Waals surface area (Å²) in [5.41, 5.74) is 0.814. The molecule has 0 aliphatic carbocycles. The molecule has 0 N–H and O–H groups in total. The van der Waals surface area contributed by atoms with Crippen molar-refractivity contribution in [1.29, 1.82) is 0 Å². The molecule has 1 aromatic carbocycles. The Morgan fingerprint density at radius 3 is 2.74 bits per heavy atom. The molecule has 0 aliphatic rings. The molecule has 0 saturated carbocycles. The van der Waals surface area contributed by atoms with Gasteiger partial charge in [-0.2, -0.15) is 0 Å². The number of hydrogen-bond acceptors (Lipinski definition) is 4. The van der Waals surface area contributed by atoms with E-state index >= 15 is 0 Å². The highest BCUT2D eigenvalue weighted by Crippen LogP contribution is 2.36. The molecular weight excluding hydrogens is 380 g/mol. The number of pyridine rings is 1. The average molecular weight is 388 g/mol. The largest absolute Gasteiger partial charge is 0.431 e. The van der Waals surface area contributed by atoms with Crippen molar-refractivity contribution in [2.75, 3.05) is 0 Å². The van der Waals surface area contributed by atoms with Crippen molar-refractivity contribution in [3.8, 4) is 11.6 Å². The third-order valence-corrected chi connectivity index (χ3v) is 3.83. The number of aromatic nitrogens is 1. The van der Waals surface area contributed by atoms with Crippen molar-refractivity contribution in [1.82, 2.24) is 4.98 Å². The number of benzene rings is 1. The first-order valence-electron chi connectivity index (χ1n) is 5.22. The Hall–Kier alpha value is -1.47. The van der Waals surface area contributed by atoms with Gasteiger partial charge in [-0.1, -0.05) is 15.9 Å². The van der Waals surface area contributed by atoms with E-state index in [4.69, 9.17) is 4.74 Å². The fraction of sp³-hybridized carbons (Fsp3) is 0.0833. The second-order valence-corrected chi connectivity index (χ2v) is 5.43. The van der Waals surface area contributed by atoms with Crippen molar-refractivity contribution < 1.29 is 9.66 Å². The van der Waals surface area contributed by atoms with Crippen molar-refractivity contribution in [3.63, 3.8) is 0 Å². The van der Waals surface area contributed by atoms with E-state index in [9.17, 15) is 10.1 Å². The zero-order valence-corrected chi connectivity index (χ0v) is 12.9.